The molecule has 8 heteroatoms. The van der Waals surface area contributed by atoms with E-state index in [-0.39, 0.29) is 30.4 Å². The summed E-state index contributed by atoms with van der Waals surface area (Å²) in [6, 6.07) is 4.55. The molecule has 5 nitrogen and oxygen atoms in total. The number of carbonyl (C=O) groups excluding carboxylic acids is 3. The van der Waals surface area contributed by atoms with E-state index in [0.717, 1.165) is 4.90 Å². The highest BCUT2D eigenvalue weighted by Gasteiger charge is 2.43. The lowest BCUT2D eigenvalue weighted by molar-refractivity contribution is -0.124. The zero-order valence-corrected chi connectivity index (χ0v) is 17.7. The van der Waals surface area contributed by atoms with E-state index in [1.807, 2.05) is 0 Å². The fourth-order valence-electron chi connectivity index (χ4n) is 4.15. The van der Waals surface area contributed by atoms with E-state index in [0.29, 0.717) is 43.1 Å². The number of ether oxygens (including phenoxy) is 1. The smallest absolute Gasteiger partial charge is 0.413 e. The average molecular weight is 447 g/mol. The second-order valence-corrected chi connectivity index (χ2v) is 8.11. The van der Waals surface area contributed by atoms with Crippen LogP contribution in [-0.2, 0) is 20.8 Å². The van der Waals surface area contributed by atoms with Gasteiger partial charge in [0.15, 0.2) is 5.78 Å². The highest BCUT2D eigenvalue weighted by atomic mass is 19.4. The molecule has 0 aliphatic carbocycles. The highest BCUT2D eigenvalue weighted by molar-refractivity contribution is 6.19. The topological polar surface area (TPSA) is 63.7 Å². The van der Waals surface area contributed by atoms with Crippen LogP contribution in [-0.4, -0.2) is 30.4 Å². The van der Waals surface area contributed by atoms with Crippen LogP contribution in [0, 0.1) is 24.2 Å². The van der Waals surface area contributed by atoms with Crippen LogP contribution in [0.15, 0.2) is 29.8 Å². The van der Waals surface area contributed by atoms with Gasteiger partial charge in [-0.25, -0.2) is 4.90 Å². The number of alkyl halides is 3. The van der Waals surface area contributed by atoms with Gasteiger partial charge in [-0.3, -0.25) is 14.4 Å². The Morgan fingerprint density at radius 2 is 1.97 bits per heavy atom. The lowest BCUT2D eigenvalue weighted by Gasteiger charge is -2.22. The first kappa shape index (κ1) is 23.6. The van der Waals surface area contributed by atoms with E-state index in [2.05, 4.69) is 5.92 Å². The number of carbonyl (C=O) groups is 3. The quantitative estimate of drug-likeness (QED) is 0.509. The van der Waals surface area contributed by atoms with Gasteiger partial charge < -0.3 is 4.74 Å². The second kappa shape index (κ2) is 9.60. The number of hydrogen-bond donors (Lipinski definition) is 0. The summed E-state index contributed by atoms with van der Waals surface area (Å²) >= 11 is 0. The van der Waals surface area contributed by atoms with Crippen LogP contribution >= 0.6 is 0 Å². The first-order chi connectivity index (χ1) is 15.1. The summed E-state index contributed by atoms with van der Waals surface area (Å²) in [5.74, 6) is 0.153. The highest BCUT2D eigenvalue weighted by Crippen LogP contribution is 2.38. The number of hydrogen-bond acceptors (Lipinski definition) is 4. The number of Topliss-reactive ketones (excluding diaryl/α,β-unsaturated/α-hetero) is 1. The summed E-state index contributed by atoms with van der Waals surface area (Å²) < 4.78 is 46.0. The van der Waals surface area contributed by atoms with Crippen molar-refractivity contribution < 1.29 is 32.3 Å². The molecule has 0 radical (unpaired) electrons. The van der Waals surface area contributed by atoms with Gasteiger partial charge in [-0.1, -0.05) is 6.92 Å². The van der Waals surface area contributed by atoms with E-state index in [1.165, 1.54) is 12.1 Å². The molecule has 0 aromatic heterocycles. The Hall–Kier alpha value is -3.08. The number of fused-ring (bicyclic) bond motifs is 1. The van der Waals surface area contributed by atoms with Gasteiger partial charge in [0.25, 0.3) is 5.91 Å². The molecule has 0 N–H and O–H groups in total. The molecule has 0 spiro atoms. The largest absolute Gasteiger partial charge is 0.486 e. The lowest BCUT2D eigenvalue weighted by Crippen LogP contribution is -2.35. The van der Waals surface area contributed by atoms with Crippen molar-refractivity contribution >= 4 is 23.3 Å². The molecule has 0 saturated carbocycles. The van der Waals surface area contributed by atoms with Gasteiger partial charge in [0.2, 0.25) is 5.91 Å². The van der Waals surface area contributed by atoms with Crippen LogP contribution in [0.4, 0.5) is 18.9 Å². The van der Waals surface area contributed by atoms with Gasteiger partial charge in [0.1, 0.15) is 12.4 Å². The monoisotopic (exact) mass is 447 g/mol. The van der Waals surface area contributed by atoms with E-state index in [4.69, 9.17) is 11.2 Å². The molecule has 1 aromatic carbocycles. The Balaban J connectivity index is 2.01. The number of allylic oxidation sites excluding steroid dienone is 1. The summed E-state index contributed by atoms with van der Waals surface area (Å²) in [6.45, 7) is 1.45. The third kappa shape index (κ3) is 5.21. The van der Waals surface area contributed by atoms with Crippen molar-refractivity contribution in [2.24, 2.45) is 11.8 Å². The first-order valence-corrected chi connectivity index (χ1v) is 10.5. The first-order valence-electron chi connectivity index (χ1n) is 10.5. The number of amides is 2. The van der Waals surface area contributed by atoms with Gasteiger partial charge in [-0.2, -0.15) is 13.2 Å². The van der Waals surface area contributed by atoms with Crippen LogP contribution in [0.5, 0.6) is 5.75 Å². The van der Waals surface area contributed by atoms with Crippen molar-refractivity contribution in [3.8, 4) is 18.1 Å². The molecular formula is C24H24F3NO4. The van der Waals surface area contributed by atoms with E-state index in [9.17, 15) is 27.6 Å². The average Bonchev–Trinajstić information content (AvgIpc) is 2.80. The molecule has 0 saturated heterocycles. The molecule has 1 aromatic rings. The molecule has 2 atom stereocenters. The Kier molecular flexibility index (Phi) is 7.07. The normalized spacial score (nSPS) is 22.5. The van der Waals surface area contributed by atoms with Crippen LogP contribution < -0.4 is 9.64 Å². The maximum absolute atomic E-state index is 13.5. The zero-order chi connectivity index (χ0) is 23.5. The van der Waals surface area contributed by atoms with Gasteiger partial charge in [0, 0.05) is 30.9 Å². The molecule has 2 heterocycles. The summed E-state index contributed by atoms with van der Waals surface area (Å²) in [7, 11) is 0. The SMILES string of the molecule is C#CCC1CCC(=O)COc2ccc(N3C(=O)C=C(C(F)(F)F)C(CC)CC3=O)cc2C1. The minimum absolute atomic E-state index is 0.00335. The van der Waals surface area contributed by atoms with Gasteiger partial charge >= 0.3 is 6.18 Å². The number of rotatable bonds is 3. The fraction of sp³-hybridized carbons (Fsp3) is 0.458. The lowest BCUT2D eigenvalue weighted by atomic mass is 9.91. The van der Waals surface area contributed by atoms with Gasteiger partial charge in [0.05, 0.1) is 5.69 Å². The van der Waals surface area contributed by atoms with E-state index in [1.54, 1.807) is 13.0 Å². The third-order valence-electron chi connectivity index (χ3n) is 5.87. The third-order valence-corrected chi connectivity index (χ3v) is 5.87. The van der Waals surface area contributed by atoms with Crippen LogP contribution in [0.2, 0.25) is 0 Å². The molecule has 0 fully saturated rings. The molecule has 2 amide bonds. The van der Waals surface area contributed by atoms with Crippen molar-refractivity contribution in [2.75, 3.05) is 11.5 Å². The second-order valence-electron chi connectivity index (χ2n) is 8.11. The summed E-state index contributed by atoms with van der Waals surface area (Å²) in [5.41, 5.74) is -0.171. The summed E-state index contributed by atoms with van der Waals surface area (Å²) in [4.78, 5) is 38.3. The standard InChI is InChI=1S/C24H24F3NO4/c1-3-5-15-6-8-19(29)14-32-21-9-7-18(11-17(21)10-15)28-22(30)12-16(4-2)20(13-23(28)31)24(25,26)27/h1,7,9,11,13,15-16H,4-6,8,10,12,14H2,2H3. The van der Waals surface area contributed by atoms with Crippen molar-refractivity contribution in [2.45, 2.75) is 51.6 Å². The van der Waals surface area contributed by atoms with Crippen molar-refractivity contribution in [3.05, 3.63) is 35.4 Å². The molecule has 2 aliphatic heterocycles. The number of benzene rings is 1. The Bertz CT molecular complexity index is 990. The fourth-order valence-corrected chi connectivity index (χ4v) is 4.15. The van der Waals surface area contributed by atoms with Crippen molar-refractivity contribution in [3.63, 3.8) is 0 Å². The predicted molar refractivity (Wildman–Crippen MR) is 112 cm³/mol. The molecule has 0 bridgehead atoms. The molecule has 170 valence electrons. The van der Waals surface area contributed by atoms with Gasteiger partial charge in [-0.05, 0) is 54.9 Å². The maximum atomic E-state index is 13.5. The van der Waals surface area contributed by atoms with E-state index < -0.39 is 35.9 Å². The predicted octanol–water partition coefficient (Wildman–Crippen LogP) is 4.39. The zero-order valence-electron chi connectivity index (χ0n) is 17.7. The van der Waals surface area contributed by atoms with E-state index >= 15 is 0 Å². The van der Waals surface area contributed by atoms with Crippen molar-refractivity contribution in [1.29, 1.82) is 0 Å². The number of nitrogens with zero attached hydrogens (tertiary/aromatic N) is 1. The minimum atomic E-state index is -4.69. The number of imide groups is 1. The Morgan fingerprint density at radius 3 is 2.62 bits per heavy atom. The van der Waals surface area contributed by atoms with Gasteiger partial charge in [-0.15, -0.1) is 12.3 Å². The van der Waals surface area contributed by atoms with Crippen LogP contribution in [0.25, 0.3) is 0 Å². The number of anilines is 1. The maximum Gasteiger partial charge on any atom is 0.413 e. The molecule has 32 heavy (non-hydrogen) atoms. The minimum Gasteiger partial charge on any atom is -0.486 e. The summed E-state index contributed by atoms with van der Waals surface area (Å²) in [6.07, 6.45) is 2.75. The van der Waals surface area contributed by atoms with Crippen LogP contribution in [0.3, 0.4) is 0 Å². The molecule has 3 rings (SSSR count). The number of halogens is 3. The molecule has 2 unspecified atom stereocenters. The Morgan fingerprint density at radius 1 is 1.22 bits per heavy atom. The number of terminal acetylenes is 1. The Labute approximate surface area is 184 Å². The molecule has 2 aliphatic rings. The summed E-state index contributed by atoms with van der Waals surface area (Å²) in [5, 5.41) is 0. The van der Waals surface area contributed by atoms with Crippen molar-refractivity contribution in [1.82, 2.24) is 0 Å². The number of ketones is 1. The molecular weight excluding hydrogens is 423 g/mol. The van der Waals surface area contributed by atoms with Crippen LogP contribution in [0.1, 0.15) is 44.6 Å².